The summed E-state index contributed by atoms with van der Waals surface area (Å²) in [5.41, 5.74) is -0.712. The second kappa shape index (κ2) is 31.5. The number of hydrogen-bond acceptors (Lipinski definition) is 9. The molecule has 1 aliphatic heterocycles. The second-order valence-electron chi connectivity index (χ2n) is 20.7. The van der Waals surface area contributed by atoms with Crippen molar-refractivity contribution in [2.75, 3.05) is 19.6 Å². The van der Waals surface area contributed by atoms with E-state index >= 15 is 0 Å². The number of rotatable bonds is 28. The molecule has 6 amide bonds. The number of amides is 6. The molecule has 15 nitrogen and oxygen atoms in total. The van der Waals surface area contributed by atoms with Gasteiger partial charge in [-0.05, 0) is 99.7 Å². The van der Waals surface area contributed by atoms with Gasteiger partial charge in [-0.15, -0.1) is 0 Å². The van der Waals surface area contributed by atoms with Crippen LogP contribution in [0.4, 0.5) is 0 Å². The van der Waals surface area contributed by atoms with Crippen molar-refractivity contribution >= 4 is 41.2 Å². The Balaban J connectivity index is 1.24. The third-order valence-electron chi connectivity index (χ3n) is 13.7. The van der Waals surface area contributed by atoms with E-state index in [0.717, 1.165) is 83.5 Å². The van der Waals surface area contributed by atoms with Gasteiger partial charge in [0.2, 0.25) is 29.4 Å². The number of likely N-dealkylation sites (tertiary alicyclic amines) is 1. The van der Waals surface area contributed by atoms with E-state index in [9.17, 15) is 33.6 Å². The highest BCUT2D eigenvalue weighted by atomic mass is 16.2. The fraction of sp³-hybridized carbons (Fsp3) is 0.596. The lowest BCUT2D eigenvalue weighted by molar-refractivity contribution is -0.146. The summed E-state index contributed by atoms with van der Waals surface area (Å²) in [5, 5.41) is 14.1. The van der Waals surface area contributed by atoms with Gasteiger partial charge in [0.25, 0.3) is 11.8 Å². The zero-order valence-electron chi connectivity index (χ0n) is 43.9. The summed E-state index contributed by atoms with van der Waals surface area (Å²) < 4.78 is 0. The Morgan fingerprint density at radius 2 is 1.31 bits per heavy atom. The molecular weight excluding hydrogens is 909 g/mol. The molecule has 6 atom stereocenters. The van der Waals surface area contributed by atoms with Crippen molar-refractivity contribution in [1.82, 2.24) is 41.5 Å². The molecule has 2 heterocycles. The van der Waals surface area contributed by atoms with E-state index in [4.69, 9.17) is 0 Å². The van der Waals surface area contributed by atoms with Gasteiger partial charge in [-0.2, -0.15) is 0 Å². The normalized spacial score (nSPS) is 19.9. The zero-order valence-corrected chi connectivity index (χ0v) is 43.9. The minimum atomic E-state index is -1.17. The number of carbonyl (C=O) groups is 7. The van der Waals surface area contributed by atoms with Crippen LogP contribution in [0.3, 0.4) is 0 Å². The first-order valence-corrected chi connectivity index (χ1v) is 26.6. The molecule has 1 saturated heterocycles. The average molecular weight is 993 g/mol. The number of carbonyl (C=O) groups excluding carboxylic acids is 7. The Morgan fingerprint density at radius 3 is 1.88 bits per heavy atom. The van der Waals surface area contributed by atoms with Crippen molar-refractivity contribution in [1.29, 1.82) is 0 Å². The number of allylic oxidation sites excluding steroid dienone is 12. The Labute approximate surface area is 429 Å². The summed E-state index contributed by atoms with van der Waals surface area (Å²) in [6.45, 7) is 11.6. The molecule has 394 valence electrons. The quantitative estimate of drug-likeness (QED) is 0.0316. The number of hydrogen-bond donors (Lipinski definition) is 5. The van der Waals surface area contributed by atoms with E-state index in [-0.39, 0.29) is 48.9 Å². The van der Waals surface area contributed by atoms with E-state index in [1.54, 1.807) is 18.7 Å². The van der Waals surface area contributed by atoms with Crippen LogP contribution in [0.2, 0.25) is 0 Å². The summed E-state index contributed by atoms with van der Waals surface area (Å²) >= 11 is 0. The van der Waals surface area contributed by atoms with Crippen LogP contribution in [0.15, 0.2) is 91.5 Å². The molecule has 0 radical (unpaired) electrons. The van der Waals surface area contributed by atoms with Gasteiger partial charge in [-0.25, -0.2) is 4.98 Å². The fourth-order valence-corrected chi connectivity index (χ4v) is 9.73. The van der Waals surface area contributed by atoms with E-state index in [1.165, 1.54) is 18.6 Å². The average Bonchev–Trinajstić information content (AvgIpc) is 3.98. The molecule has 0 bridgehead atoms. The summed E-state index contributed by atoms with van der Waals surface area (Å²) in [6.07, 6.45) is 43.0. The predicted octanol–water partition coefficient (Wildman–Crippen LogP) is 7.73. The molecule has 72 heavy (non-hydrogen) atoms. The van der Waals surface area contributed by atoms with Crippen LogP contribution in [0.25, 0.3) is 0 Å². The van der Waals surface area contributed by atoms with Crippen LogP contribution in [0.5, 0.6) is 0 Å². The Bertz CT molecular complexity index is 2100. The second-order valence-corrected chi connectivity index (χ2v) is 20.7. The van der Waals surface area contributed by atoms with Gasteiger partial charge < -0.3 is 31.5 Å². The highest BCUT2D eigenvalue weighted by molar-refractivity contribution is 6.38. The van der Waals surface area contributed by atoms with Crippen LogP contribution in [-0.2, 0) is 28.8 Å². The Morgan fingerprint density at radius 1 is 0.708 bits per heavy atom. The maximum atomic E-state index is 14.8. The van der Waals surface area contributed by atoms with E-state index in [2.05, 4.69) is 104 Å². The lowest BCUT2D eigenvalue weighted by Gasteiger charge is -2.38. The number of fused-ring (bicyclic) bond motifs is 1. The van der Waals surface area contributed by atoms with E-state index in [0.29, 0.717) is 19.4 Å². The molecule has 15 heteroatoms. The molecule has 5 N–H and O–H groups in total. The SMILES string of the molecule is CC/C=C\C/C=C\C/C=C\C/C=C\C/C=C\C/C=C\CCC(=O)NCCNC(=O)C(=O)[C@@H](NC(=O)C1[C@H]2CCC[C@H]2CN1C(=O)C(NC(=O)[C@@H](NC(=O)c1cnccn1)C1CCCCC1)C(C)(C)C)C(C)C. The lowest BCUT2D eigenvalue weighted by atomic mass is 9.82. The van der Waals surface area contributed by atoms with E-state index < -0.39 is 70.8 Å². The molecule has 2 saturated carbocycles. The fourth-order valence-electron chi connectivity index (χ4n) is 9.73. The zero-order chi connectivity index (χ0) is 52.3. The standard InChI is InChI=1S/C57H84N8O7/c1-7-8-9-10-11-12-13-14-15-16-17-18-19-20-21-22-23-24-28-34-46(66)60-37-38-61-55(71)50(67)47(41(2)3)62-54(70)49-44-33-29-32-43(44)40-65(49)56(72)51(57(4,5)6)64-53(69)48(42-30-26-25-27-31-42)63-52(68)45-39-58-35-36-59-45/h8-9,11-12,14-15,17-18,20-21,23-24,35-36,39,41-44,47-49,51H,7,10,13,16,19,22,25-34,37-38,40H2,1-6H3,(H,60,66)(H,61,71)(H,62,70)(H,63,68)(H,64,69)/b9-8-,12-11-,15-14-,18-17-,21-20-,24-23-/t43-,44-,47-,48-,49?,51?/m0/s1. The first kappa shape index (κ1) is 58.6. The number of aromatic nitrogens is 2. The van der Waals surface area contributed by atoms with Gasteiger partial charge >= 0.3 is 0 Å². The van der Waals surface area contributed by atoms with Crippen LogP contribution in [0.1, 0.15) is 155 Å². The molecule has 2 aliphatic carbocycles. The molecule has 0 spiro atoms. The van der Waals surface area contributed by atoms with Crippen LogP contribution >= 0.6 is 0 Å². The van der Waals surface area contributed by atoms with Gasteiger partial charge in [0.1, 0.15) is 23.8 Å². The number of nitrogens with one attached hydrogen (secondary N) is 5. The highest BCUT2D eigenvalue weighted by Crippen LogP contribution is 2.43. The molecule has 1 aromatic rings. The van der Waals surface area contributed by atoms with Crippen molar-refractivity contribution in [2.24, 2.45) is 29.1 Å². The van der Waals surface area contributed by atoms with Crippen LogP contribution in [0, 0.1) is 29.1 Å². The first-order chi connectivity index (χ1) is 34.6. The number of nitrogens with zero attached hydrogens (tertiary/aromatic N) is 3. The Hall–Kier alpha value is -5.99. The van der Waals surface area contributed by atoms with Gasteiger partial charge in [-0.1, -0.05) is 140 Å². The molecule has 1 aromatic heterocycles. The topological polar surface area (TPSA) is 209 Å². The molecule has 3 aliphatic rings. The van der Waals surface area contributed by atoms with Crippen molar-refractivity contribution < 1.29 is 33.6 Å². The predicted molar refractivity (Wildman–Crippen MR) is 283 cm³/mol. The third-order valence-corrected chi connectivity index (χ3v) is 13.7. The van der Waals surface area contributed by atoms with Gasteiger partial charge in [0.05, 0.1) is 12.2 Å². The van der Waals surface area contributed by atoms with Crippen molar-refractivity contribution in [3.63, 3.8) is 0 Å². The Kier molecular flexibility index (Phi) is 25.6. The minimum absolute atomic E-state index is 0.0230. The molecule has 4 rings (SSSR count). The van der Waals surface area contributed by atoms with Crippen molar-refractivity contribution in [3.8, 4) is 0 Å². The van der Waals surface area contributed by atoms with Crippen molar-refractivity contribution in [2.45, 2.75) is 168 Å². The minimum Gasteiger partial charge on any atom is -0.354 e. The molecule has 0 aromatic carbocycles. The van der Waals surface area contributed by atoms with Crippen LogP contribution in [-0.4, -0.2) is 99.9 Å². The summed E-state index contributed by atoms with van der Waals surface area (Å²) in [5.74, 6) is -4.54. The van der Waals surface area contributed by atoms with Crippen LogP contribution < -0.4 is 26.6 Å². The van der Waals surface area contributed by atoms with E-state index in [1.807, 2.05) is 32.9 Å². The molecule has 2 unspecified atom stereocenters. The number of ketones is 1. The molecule has 3 fully saturated rings. The largest absolute Gasteiger partial charge is 0.354 e. The van der Waals surface area contributed by atoms with Crippen molar-refractivity contribution in [3.05, 3.63) is 97.2 Å². The monoisotopic (exact) mass is 993 g/mol. The first-order valence-electron chi connectivity index (χ1n) is 26.6. The number of Topliss-reactive ketones (excluding diaryl/α,β-unsaturated/α-hetero) is 1. The highest BCUT2D eigenvalue weighted by Gasteiger charge is 2.52. The summed E-state index contributed by atoms with van der Waals surface area (Å²) in [6, 6.07) is -4.06. The maximum Gasteiger partial charge on any atom is 0.289 e. The summed E-state index contributed by atoms with van der Waals surface area (Å²) in [7, 11) is 0. The third kappa shape index (κ3) is 19.6. The van der Waals surface area contributed by atoms with Gasteiger partial charge in [0, 0.05) is 38.4 Å². The maximum absolute atomic E-state index is 14.8. The van der Waals surface area contributed by atoms with Gasteiger partial charge in [-0.3, -0.25) is 38.5 Å². The molecular formula is C57H84N8O7. The van der Waals surface area contributed by atoms with Gasteiger partial charge in [0.15, 0.2) is 0 Å². The summed E-state index contributed by atoms with van der Waals surface area (Å²) in [4.78, 5) is 106. The lowest BCUT2D eigenvalue weighted by Crippen LogP contribution is -2.62. The smallest absolute Gasteiger partial charge is 0.289 e.